The minimum Gasteiger partial charge on any atom is -0.383 e. The van der Waals surface area contributed by atoms with Gasteiger partial charge in [-0.15, -0.1) is 0 Å². The number of nitrogens with one attached hydrogen (secondary N) is 1. The standard InChI is InChI=1S/C14H23BrN2O/c1-4-16-11-12-6-7-13(10-14(12)15)17(5-2)8-9-18-3/h6-7,10,16H,4-5,8-9,11H2,1-3H3. The second kappa shape index (κ2) is 8.51. The van der Waals surface area contributed by atoms with Gasteiger partial charge in [0.25, 0.3) is 0 Å². The van der Waals surface area contributed by atoms with Crippen LogP contribution in [0.1, 0.15) is 19.4 Å². The Kier molecular flexibility index (Phi) is 7.32. The predicted octanol–water partition coefficient (Wildman–Crippen LogP) is 3.03. The number of ether oxygens (including phenoxy) is 1. The first-order valence-corrected chi connectivity index (χ1v) is 7.25. The van der Waals surface area contributed by atoms with Gasteiger partial charge in [0.1, 0.15) is 0 Å². The number of benzene rings is 1. The normalized spacial score (nSPS) is 10.7. The Hall–Kier alpha value is -0.580. The summed E-state index contributed by atoms with van der Waals surface area (Å²) in [6.07, 6.45) is 0. The van der Waals surface area contributed by atoms with Gasteiger partial charge >= 0.3 is 0 Å². The summed E-state index contributed by atoms with van der Waals surface area (Å²) >= 11 is 3.65. The van der Waals surface area contributed by atoms with Crippen LogP contribution in [0.15, 0.2) is 22.7 Å². The Morgan fingerprint density at radius 3 is 2.67 bits per heavy atom. The molecule has 0 aromatic heterocycles. The molecule has 3 nitrogen and oxygen atoms in total. The molecule has 0 amide bonds. The third-order valence-corrected chi connectivity index (χ3v) is 3.65. The van der Waals surface area contributed by atoms with Crippen LogP contribution in [0.5, 0.6) is 0 Å². The van der Waals surface area contributed by atoms with Crippen molar-refractivity contribution in [3.05, 3.63) is 28.2 Å². The van der Waals surface area contributed by atoms with Gasteiger partial charge in [-0.3, -0.25) is 0 Å². The van der Waals surface area contributed by atoms with Crippen molar-refractivity contribution in [2.45, 2.75) is 20.4 Å². The average Bonchev–Trinajstić information content (AvgIpc) is 2.38. The molecule has 102 valence electrons. The molecule has 18 heavy (non-hydrogen) atoms. The van der Waals surface area contributed by atoms with E-state index in [2.05, 4.69) is 58.2 Å². The summed E-state index contributed by atoms with van der Waals surface area (Å²) in [5, 5.41) is 3.34. The van der Waals surface area contributed by atoms with E-state index in [0.717, 1.165) is 37.3 Å². The third kappa shape index (κ3) is 4.59. The highest BCUT2D eigenvalue weighted by Crippen LogP contribution is 2.24. The number of hydrogen-bond donors (Lipinski definition) is 1. The lowest BCUT2D eigenvalue weighted by molar-refractivity contribution is 0.205. The third-order valence-electron chi connectivity index (χ3n) is 2.91. The minimum absolute atomic E-state index is 0.755. The van der Waals surface area contributed by atoms with Crippen molar-refractivity contribution in [1.29, 1.82) is 0 Å². The van der Waals surface area contributed by atoms with Crippen molar-refractivity contribution < 1.29 is 4.74 Å². The Morgan fingerprint density at radius 1 is 1.33 bits per heavy atom. The Bertz CT molecular complexity index is 358. The fourth-order valence-corrected chi connectivity index (χ4v) is 2.31. The maximum absolute atomic E-state index is 5.14. The maximum atomic E-state index is 5.14. The van der Waals surface area contributed by atoms with E-state index < -0.39 is 0 Å². The molecule has 0 aliphatic heterocycles. The van der Waals surface area contributed by atoms with Gasteiger partial charge in [-0.25, -0.2) is 0 Å². The number of likely N-dealkylation sites (N-methyl/N-ethyl adjacent to an activating group) is 1. The lowest BCUT2D eigenvalue weighted by atomic mass is 10.2. The van der Waals surface area contributed by atoms with Crippen molar-refractivity contribution in [2.75, 3.05) is 38.3 Å². The molecule has 0 heterocycles. The second-order valence-electron chi connectivity index (χ2n) is 4.13. The summed E-state index contributed by atoms with van der Waals surface area (Å²) in [6, 6.07) is 6.54. The van der Waals surface area contributed by atoms with Gasteiger partial charge in [-0.05, 0) is 31.2 Å². The van der Waals surface area contributed by atoms with Gasteiger partial charge in [0.05, 0.1) is 6.61 Å². The predicted molar refractivity (Wildman–Crippen MR) is 81.3 cm³/mol. The van der Waals surface area contributed by atoms with Crippen LogP contribution in [0.4, 0.5) is 5.69 Å². The van der Waals surface area contributed by atoms with Gasteiger partial charge in [0.15, 0.2) is 0 Å². The zero-order valence-electron chi connectivity index (χ0n) is 11.5. The maximum Gasteiger partial charge on any atom is 0.0637 e. The molecule has 0 aliphatic rings. The molecule has 0 saturated carbocycles. The van der Waals surface area contributed by atoms with E-state index >= 15 is 0 Å². The van der Waals surface area contributed by atoms with Crippen LogP contribution in [0.25, 0.3) is 0 Å². The van der Waals surface area contributed by atoms with E-state index in [1.54, 1.807) is 7.11 Å². The van der Waals surface area contributed by atoms with Gasteiger partial charge in [-0.1, -0.05) is 28.9 Å². The summed E-state index contributed by atoms with van der Waals surface area (Å²) in [5.41, 5.74) is 2.53. The smallest absolute Gasteiger partial charge is 0.0637 e. The quantitative estimate of drug-likeness (QED) is 0.798. The molecule has 1 N–H and O–H groups in total. The van der Waals surface area contributed by atoms with E-state index in [4.69, 9.17) is 4.74 Å². The van der Waals surface area contributed by atoms with Gasteiger partial charge in [0.2, 0.25) is 0 Å². The first-order chi connectivity index (χ1) is 8.72. The number of hydrogen-bond acceptors (Lipinski definition) is 3. The molecule has 1 aromatic rings. The highest BCUT2D eigenvalue weighted by atomic mass is 79.9. The van der Waals surface area contributed by atoms with Crippen LogP contribution in [0.2, 0.25) is 0 Å². The lowest BCUT2D eigenvalue weighted by Gasteiger charge is -2.23. The Morgan fingerprint density at radius 2 is 2.11 bits per heavy atom. The van der Waals surface area contributed by atoms with Crippen molar-refractivity contribution in [1.82, 2.24) is 5.32 Å². The van der Waals surface area contributed by atoms with E-state index in [9.17, 15) is 0 Å². The molecule has 4 heteroatoms. The van der Waals surface area contributed by atoms with Crippen LogP contribution in [-0.4, -0.2) is 33.4 Å². The van der Waals surface area contributed by atoms with Crippen LogP contribution in [-0.2, 0) is 11.3 Å². The van der Waals surface area contributed by atoms with Gasteiger partial charge < -0.3 is 15.0 Å². The monoisotopic (exact) mass is 314 g/mol. The molecule has 0 radical (unpaired) electrons. The van der Waals surface area contributed by atoms with E-state index in [1.165, 1.54) is 11.3 Å². The number of halogens is 1. The molecule has 1 aromatic carbocycles. The molecule has 0 unspecified atom stereocenters. The minimum atomic E-state index is 0.755. The number of anilines is 1. The topological polar surface area (TPSA) is 24.5 Å². The van der Waals surface area contributed by atoms with Crippen LogP contribution < -0.4 is 10.2 Å². The number of methoxy groups -OCH3 is 1. The van der Waals surface area contributed by atoms with Crippen molar-refractivity contribution >= 4 is 21.6 Å². The second-order valence-corrected chi connectivity index (χ2v) is 4.98. The molecule has 0 atom stereocenters. The summed E-state index contributed by atoms with van der Waals surface area (Å²) in [6.45, 7) is 8.84. The zero-order chi connectivity index (χ0) is 13.4. The largest absolute Gasteiger partial charge is 0.383 e. The Labute approximate surface area is 119 Å². The van der Waals surface area contributed by atoms with Gasteiger partial charge in [-0.2, -0.15) is 0 Å². The SMILES string of the molecule is CCNCc1ccc(N(CC)CCOC)cc1Br. The van der Waals surface area contributed by atoms with E-state index in [1.807, 2.05) is 0 Å². The van der Waals surface area contributed by atoms with E-state index in [0.29, 0.717) is 0 Å². The summed E-state index contributed by atoms with van der Waals surface area (Å²) in [5.74, 6) is 0. The molecule has 0 bridgehead atoms. The first-order valence-electron chi connectivity index (χ1n) is 6.45. The highest BCUT2D eigenvalue weighted by molar-refractivity contribution is 9.10. The van der Waals surface area contributed by atoms with Gasteiger partial charge in [0, 0.05) is 36.9 Å². The van der Waals surface area contributed by atoms with Crippen LogP contribution in [0, 0.1) is 0 Å². The van der Waals surface area contributed by atoms with Crippen LogP contribution in [0.3, 0.4) is 0 Å². The van der Waals surface area contributed by atoms with Crippen molar-refractivity contribution in [3.8, 4) is 0 Å². The first kappa shape index (κ1) is 15.5. The Balaban J connectivity index is 2.74. The zero-order valence-corrected chi connectivity index (χ0v) is 13.1. The van der Waals surface area contributed by atoms with Crippen LogP contribution >= 0.6 is 15.9 Å². The molecule has 0 spiro atoms. The molecular weight excluding hydrogens is 292 g/mol. The molecule has 0 fully saturated rings. The fraction of sp³-hybridized carbons (Fsp3) is 0.571. The molecule has 1 rings (SSSR count). The summed E-state index contributed by atoms with van der Waals surface area (Å²) in [4.78, 5) is 2.31. The lowest BCUT2D eigenvalue weighted by Crippen LogP contribution is -2.26. The summed E-state index contributed by atoms with van der Waals surface area (Å²) in [7, 11) is 1.74. The number of rotatable bonds is 8. The fourth-order valence-electron chi connectivity index (χ4n) is 1.81. The molecule has 0 aliphatic carbocycles. The molecular formula is C14H23BrN2O. The average molecular weight is 315 g/mol. The van der Waals surface area contributed by atoms with Crippen molar-refractivity contribution in [3.63, 3.8) is 0 Å². The highest BCUT2D eigenvalue weighted by Gasteiger charge is 2.06. The summed E-state index contributed by atoms with van der Waals surface area (Å²) < 4.78 is 6.30. The van der Waals surface area contributed by atoms with Crippen molar-refractivity contribution in [2.24, 2.45) is 0 Å². The molecule has 0 saturated heterocycles. The van der Waals surface area contributed by atoms with E-state index in [-0.39, 0.29) is 0 Å². The number of nitrogens with zero attached hydrogens (tertiary/aromatic N) is 1.